The second kappa shape index (κ2) is 6.86. The Bertz CT molecular complexity index is 940. The molecule has 1 N–H and O–H groups in total. The molecule has 25 heavy (non-hydrogen) atoms. The number of pyridine rings is 1. The predicted molar refractivity (Wildman–Crippen MR) is 95.7 cm³/mol. The molecule has 0 saturated carbocycles. The highest BCUT2D eigenvalue weighted by Gasteiger charge is 2.45. The van der Waals surface area contributed by atoms with Gasteiger partial charge in [-0.05, 0) is 31.2 Å². The van der Waals surface area contributed by atoms with Crippen LogP contribution in [0.2, 0.25) is 0 Å². The smallest absolute Gasteiger partial charge is 0.183 e. The van der Waals surface area contributed by atoms with Crippen LogP contribution in [0.4, 0.5) is 0 Å². The number of aromatic nitrogens is 1. The van der Waals surface area contributed by atoms with E-state index in [-0.39, 0.29) is 16.4 Å². The Morgan fingerprint density at radius 1 is 1.12 bits per heavy atom. The summed E-state index contributed by atoms with van der Waals surface area (Å²) in [5, 5.41) is 2.07. The second-order valence-corrected chi connectivity index (χ2v) is 10.6. The average Bonchev–Trinajstić information content (AvgIpc) is 2.90. The third-order valence-electron chi connectivity index (χ3n) is 4.32. The predicted octanol–water partition coefficient (Wildman–Crippen LogP) is 1.12. The highest BCUT2D eigenvalue weighted by Crippen LogP contribution is 2.26. The zero-order valence-corrected chi connectivity index (χ0v) is 15.4. The van der Waals surface area contributed by atoms with Crippen molar-refractivity contribution in [3.05, 3.63) is 59.9 Å². The van der Waals surface area contributed by atoms with E-state index in [4.69, 9.17) is 0 Å². The van der Waals surface area contributed by atoms with E-state index < -0.39 is 31.0 Å². The molecule has 0 amide bonds. The summed E-state index contributed by atoms with van der Waals surface area (Å²) >= 11 is 0. The maximum atomic E-state index is 12.9. The van der Waals surface area contributed by atoms with Crippen LogP contribution in [-0.2, 0) is 26.2 Å². The van der Waals surface area contributed by atoms with E-state index in [0.717, 1.165) is 11.3 Å². The summed E-state index contributed by atoms with van der Waals surface area (Å²) in [6.45, 7) is 2.19. The Kier molecular flexibility index (Phi) is 4.95. The fourth-order valence-electron chi connectivity index (χ4n) is 2.95. The Morgan fingerprint density at radius 3 is 2.48 bits per heavy atom. The number of nitrogens with one attached hydrogen (secondary N) is 1. The normalized spacial score (nSPS) is 22.8. The van der Waals surface area contributed by atoms with Crippen molar-refractivity contribution in [2.45, 2.75) is 29.7 Å². The monoisotopic (exact) mass is 380 g/mol. The molecule has 3 rings (SSSR count). The number of sulfone groups is 2. The van der Waals surface area contributed by atoms with Gasteiger partial charge in [0.25, 0.3) is 0 Å². The van der Waals surface area contributed by atoms with Gasteiger partial charge in [-0.2, -0.15) is 0 Å². The highest BCUT2D eigenvalue weighted by atomic mass is 32.2. The molecule has 2 heterocycles. The van der Waals surface area contributed by atoms with Crippen LogP contribution in [0, 0.1) is 6.92 Å². The molecule has 0 spiro atoms. The molecule has 6 nitrogen and oxygen atoms in total. The molecule has 1 aliphatic rings. The van der Waals surface area contributed by atoms with Gasteiger partial charge in [0.2, 0.25) is 0 Å². The summed E-state index contributed by atoms with van der Waals surface area (Å²) in [7, 11) is -7.15. The first kappa shape index (κ1) is 18.0. The van der Waals surface area contributed by atoms with Crippen LogP contribution in [0.5, 0.6) is 0 Å². The lowest BCUT2D eigenvalue weighted by molar-refractivity contribution is 0.523. The van der Waals surface area contributed by atoms with Gasteiger partial charge < -0.3 is 5.32 Å². The summed E-state index contributed by atoms with van der Waals surface area (Å²) in [5.41, 5.74) is 1.68. The van der Waals surface area contributed by atoms with Gasteiger partial charge >= 0.3 is 0 Å². The maximum absolute atomic E-state index is 12.9. The zero-order valence-electron chi connectivity index (χ0n) is 13.8. The van der Waals surface area contributed by atoms with Crippen LogP contribution in [0.3, 0.4) is 0 Å². The zero-order chi connectivity index (χ0) is 18.1. The lowest BCUT2D eigenvalue weighted by atomic mass is 10.2. The quantitative estimate of drug-likeness (QED) is 0.835. The molecule has 2 aromatic rings. The molecular formula is C17H20N2O4S2. The van der Waals surface area contributed by atoms with Crippen molar-refractivity contribution >= 4 is 19.7 Å². The third kappa shape index (κ3) is 4.08. The lowest BCUT2D eigenvalue weighted by Gasteiger charge is -2.20. The minimum atomic E-state index is -3.74. The summed E-state index contributed by atoms with van der Waals surface area (Å²) in [5.74, 6) is -0.543. The van der Waals surface area contributed by atoms with Crippen molar-refractivity contribution in [1.82, 2.24) is 10.3 Å². The molecule has 1 aromatic carbocycles. The first-order valence-electron chi connectivity index (χ1n) is 7.92. The molecule has 1 fully saturated rings. The maximum Gasteiger partial charge on any atom is 0.183 e. The summed E-state index contributed by atoms with van der Waals surface area (Å²) < 4.78 is 50.0. The van der Waals surface area contributed by atoms with E-state index in [9.17, 15) is 16.8 Å². The van der Waals surface area contributed by atoms with Gasteiger partial charge in [0.05, 0.1) is 27.3 Å². The van der Waals surface area contributed by atoms with Crippen molar-refractivity contribution in [3.63, 3.8) is 0 Å². The van der Waals surface area contributed by atoms with Crippen molar-refractivity contribution in [3.8, 4) is 0 Å². The summed E-state index contributed by atoms with van der Waals surface area (Å²) in [4.78, 5) is 4.33. The van der Waals surface area contributed by atoms with E-state index >= 15 is 0 Å². The van der Waals surface area contributed by atoms with E-state index in [0.29, 0.717) is 6.54 Å². The largest absolute Gasteiger partial charge is 0.306 e. The first-order chi connectivity index (χ1) is 11.8. The van der Waals surface area contributed by atoms with Crippen LogP contribution < -0.4 is 5.32 Å². The number of aryl methyl sites for hydroxylation is 1. The number of rotatable bonds is 5. The molecule has 0 aliphatic carbocycles. The number of nitrogens with zero attached hydrogens (tertiary/aromatic N) is 1. The van der Waals surface area contributed by atoms with Gasteiger partial charge in [-0.25, -0.2) is 16.8 Å². The van der Waals surface area contributed by atoms with Crippen molar-refractivity contribution in [2.24, 2.45) is 0 Å². The number of hydrogen-bond donors (Lipinski definition) is 1. The van der Waals surface area contributed by atoms with E-state index in [1.54, 1.807) is 30.5 Å². The average molecular weight is 380 g/mol. The molecule has 134 valence electrons. The lowest BCUT2D eigenvalue weighted by Crippen LogP contribution is -2.43. The van der Waals surface area contributed by atoms with Gasteiger partial charge in [0, 0.05) is 18.8 Å². The van der Waals surface area contributed by atoms with Crippen LogP contribution in [-0.4, -0.2) is 44.6 Å². The fraction of sp³-hybridized carbons (Fsp3) is 0.353. The third-order valence-corrected chi connectivity index (χ3v) is 8.49. The molecule has 1 aliphatic heterocycles. The van der Waals surface area contributed by atoms with E-state index in [2.05, 4.69) is 10.3 Å². The highest BCUT2D eigenvalue weighted by molar-refractivity contribution is 7.96. The van der Waals surface area contributed by atoms with Crippen molar-refractivity contribution < 1.29 is 16.8 Å². The number of benzene rings is 1. The molecule has 1 saturated heterocycles. The summed E-state index contributed by atoms with van der Waals surface area (Å²) in [6.07, 6.45) is 1.64. The molecule has 0 unspecified atom stereocenters. The Hall–Kier alpha value is -1.77. The molecule has 1 aromatic heterocycles. The van der Waals surface area contributed by atoms with Crippen molar-refractivity contribution in [2.75, 3.05) is 11.5 Å². The topological polar surface area (TPSA) is 93.2 Å². The van der Waals surface area contributed by atoms with Gasteiger partial charge in [0.15, 0.2) is 19.7 Å². The summed E-state index contributed by atoms with van der Waals surface area (Å²) in [6, 6.07) is 11.3. The molecule has 0 radical (unpaired) electrons. The Balaban J connectivity index is 1.85. The standard InChI is InChI=1S/C17H20N2O4S2/c1-13-5-7-15(8-6-13)25(22,23)17-12-24(20,21)11-16(17)19-10-14-4-2-3-9-18-14/h2-9,16-17,19H,10-12H2,1H3/t16-,17-/m0/s1. The fourth-order valence-corrected chi connectivity index (χ4v) is 7.67. The Labute approximate surface area is 148 Å². The molecule has 8 heteroatoms. The second-order valence-electron chi connectivity index (χ2n) is 6.28. The molecular weight excluding hydrogens is 360 g/mol. The van der Waals surface area contributed by atoms with E-state index in [1.165, 1.54) is 12.1 Å². The van der Waals surface area contributed by atoms with Crippen LogP contribution in [0.1, 0.15) is 11.3 Å². The number of hydrogen-bond acceptors (Lipinski definition) is 6. The SMILES string of the molecule is Cc1ccc(S(=O)(=O)[C@H]2CS(=O)(=O)C[C@@H]2NCc2ccccn2)cc1. The first-order valence-corrected chi connectivity index (χ1v) is 11.3. The van der Waals surface area contributed by atoms with Crippen LogP contribution in [0.15, 0.2) is 53.6 Å². The van der Waals surface area contributed by atoms with Crippen molar-refractivity contribution in [1.29, 1.82) is 0 Å². The van der Waals surface area contributed by atoms with Gasteiger partial charge in [-0.1, -0.05) is 23.8 Å². The van der Waals surface area contributed by atoms with E-state index in [1.807, 2.05) is 13.0 Å². The van der Waals surface area contributed by atoms with Gasteiger partial charge in [-0.15, -0.1) is 0 Å². The van der Waals surface area contributed by atoms with Crippen LogP contribution in [0.25, 0.3) is 0 Å². The van der Waals surface area contributed by atoms with Gasteiger partial charge in [-0.3, -0.25) is 4.98 Å². The minimum Gasteiger partial charge on any atom is -0.306 e. The Morgan fingerprint density at radius 2 is 1.84 bits per heavy atom. The van der Waals surface area contributed by atoms with Crippen LogP contribution >= 0.6 is 0 Å². The minimum absolute atomic E-state index is 0.157. The van der Waals surface area contributed by atoms with Gasteiger partial charge in [0.1, 0.15) is 0 Å². The molecule has 0 bridgehead atoms. The molecule has 2 atom stereocenters.